The predicted octanol–water partition coefficient (Wildman–Crippen LogP) is 1.16. The van der Waals surface area contributed by atoms with Crippen molar-refractivity contribution in [3.05, 3.63) is 0 Å². The fourth-order valence-electron chi connectivity index (χ4n) is 0.834. The first-order valence-electron chi connectivity index (χ1n) is 3.06. The Bertz CT molecular complexity index is 64.9. The summed E-state index contributed by atoms with van der Waals surface area (Å²) in [4.78, 5) is 0. The lowest BCUT2D eigenvalue weighted by molar-refractivity contribution is -0.197. The monoisotopic (exact) mass is 116 g/mol. The number of hydrogen-bond acceptors (Lipinski definition) is 2. The Morgan fingerprint density at radius 1 is 1.38 bits per heavy atom. The molecule has 48 valence electrons. The van der Waals surface area contributed by atoms with Gasteiger partial charge in [0.05, 0.1) is 12.7 Å². The molecular formula is C6H12O2. The van der Waals surface area contributed by atoms with Gasteiger partial charge in [0.25, 0.3) is 0 Å². The van der Waals surface area contributed by atoms with E-state index in [1.807, 2.05) is 6.92 Å². The highest BCUT2D eigenvalue weighted by Crippen LogP contribution is 2.09. The average molecular weight is 116 g/mol. The maximum atomic E-state index is 5.26. The van der Waals surface area contributed by atoms with Crippen LogP contribution >= 0.6 is 0 Å². The Kier molecular flexibility index (Phi) is 1.86. The van der Waals surface area contributed by atoms with Crippen molar-refractivity contribution in [2.45, 2.75) is 32.7 Å². The third kappa shape index (κ3) is 1.46. The van der Waals surface area contributed by atoms with Gasteiger partial charge in [0.15, 0.2) is 6.29 Å². The van der Waals surface area contributed by atoms with E-state index in [4.69, 9.17) is 9.47 Å². The van der Waals surface area contributed by atoms with Gasteiger partial charge in [0, 0.05) is 0 Å². The maximum Gasteiger partial charge on any atom is 0.155 e. The molecule has 0 spiro atoms. The van der Waals surface area contributed by atoms with Crippen LogP contribution in [0.3, 0.4) is 0 Å². The average Bonchev–Trinajstić information content (AvgIpc) is 1.64. The van der Waals surface area contributed by atoms with Gasteiger partial charge in [-0.2, -0.15) is 0 Å². The molecule has 1 saturated heterocycles. The second-order valence-electron chi connectivity index (χ2n) is 2.17. The van der Waals surface area contributed by atoms with Crippen LogP contribution in [0.25, 0.3) is 0 Å². The quantitative estimate of drug-likeness (QED) is 0.472. The molecule has 8 heavy (non-hydrogen) atoms. The lowest BCUT2D eigenvalue weighted by atomic mass is 10.3. The predicted molar refractivity (Wildman–Crippen MR) is 30.6 cm³/mol. The van der Waals surface area contributed by atoms with E-state index in [-0.39, 0.29) is 6.29 Å². The zero-order chi connectivity index (χ0) is 5.98. The van der Waals surface area contributed by atoms with Crippen molar-refractivity contribution in [1.29, 1.82) is 0 Å². The van der Waals surface area contributed by atoms with Crippen LogP contribution in [0.5, 0.6) is 0 Å². The molecule has 0 unspecified atom stereocenters. The molecule has 0 saturated carbocycles. The minimum absolute atomic E-state index is 0.0127. The van der Waals surface area contributed by atoms with E-state index in [0.29, 0.717) is 6.10 Å². The first kappa shape index (κ1) is 6.05. The van der Waals surface area contributed by atoms with Crippen LogP contribution < -0.4 is 0 Å². The first-order chi connectivity index (χ1) is 3.79. The highest BCUT2D eigenvalue weighted by atomic mass is 16.7. The summed E-state index contributed by atoms with van der Waals surface area (Å²) in [5, 5.41) is 0. The summed E-state index contributed by atoms with van der Waals surface area (Å²) in [6, 6.07) is 0. The molecule has 2 atom stereocenters. The highest BCUT2D eigenvalue weighted by molar-refractivity contribution is 4.54. The normalized spacial score (nSPS) is 39.8. The van der Waals surface area contributed by atoms with Gasteiger partial charge in [-0.15, -0.1) is 0 Å². The molecule has 1 fully saturated rings. The molecule has 0 aromatic heterocycles. The number of rotatable bonds is 0. The Balaban J connectivity index is 2.23. The van der Waals surface area contributed by atoms with Crippen molar-refractivity contribution in [3.8, 4) is 0 Å². The van der Waals surface area contributed by atoms with Crippen LogP contribution in [-0.2, 0) is 9.47 Å². The standard InChI is InChI=1S/C6H12O2/c1-5-3-4-7-6(2)8-5/h5-6H,3-4H2,1-2H3/t5-,6-/m0/s1. The summed E-state index contributed by atoms with van der Waals surface area (Å²) in [6.07, 6.45) is 1.43. The van der Waals surface area contributed by atoms with Gasteiger partial charge < -0.3 is 9.47 Å². The van der Waals surface area contributed by atoms with Crippen LogP contribution in [0.4, 0.5) is 0 Å². The topological polar surface area (TPSA) is 18.5 Å². The molecule has 1 rings (SSSR count). The molecule has 1 aliphatic rings. The summed E-state index contributed by atoms with van der Waals surface area (Å²) >= 11 is 0. The molecule has 0 N–H and O–H groups in total. The van der Waals surface area contributed by atoms with Gasteiger partial charge >= 0.3 is 0 Å². The van der Waals surface area contributed by atoms with E-state index in [0.717, 1.165) is 13.0 Å². The van der Waals surface area contributed by atoms with Crippen molar-refractivity contribution in [2.75, 3.05) is 6.61 Å². The zero-order valence-electron chi connectivity index (χ0n) is 5.39. The summed E-state index contributed by atoms with van der Waals surface area (Å²) in [5.74, 6) is 0. The molecule has 0 amide bonds. The van der Waals surface area contributed by atoms with E-state index < -0.39 is 0 Å². The van der Waals surface area contributed by atoms with Gasteiger partial charge in [-0.1, -0.05) is 0 Å². The molecule has 2 nitrogen and oxygen atoms in total. The first-order valence-corrected chi connectivity index (χ1v) is 3.06. The lowest BCUT2D eigenvalue weighted by Crippen LogP contribution is -2.27. The van der Waals surface area contributed by atoms with Crippen molar-refractivity contribution >= 4 is 0 Å². The van der Waals surface area contributed by atoms with E-state index in [1.54, 1.807) is 0 Å². The fraction of sp³-hybridized carbons (Fsp3) is 1.00. The molecule has 1 aliphatic heterocycles. The molecule has 0 aromatic rings. The minimum atomic E-state index is 0.0127. The highest BCUT2D eigenvalue weighted by Gasteiger charge is 2.13. The van der Waals surface area contributed by atoms with E-state index in [9.17, 15) is 0 Å². The van der Waals surface area contributed by atoms with E-state index in [1.165, 1.54) is 0 Å². The zero-order valence-corrected chi connectivity index (χ0v) is 5.39. The third-order valence-corrected chi connectivity index (χ3v) is 1.30. The van der Waals surface area contributed by atoms with E-state index in [2.05, 4.69) is 6.92 Å². The lowest BCUT2D eigenvalue weighted by Gasteiger charge is -2.24. The third-order valence-electron chi connectivity index (χ3n) is 1.30. The van der Waals surface area contributed by atoms with Gasteiger partial charge in [-0.3, -0.25) is 0 Å². The number of ether oxygens (including phenoxy) is 2. The van der Waals surface area contributed by atoms with Gasteiger partial charge in [0.1, 0.15) is 0 Å². The van der Waals surface area contributed by atoms with Crippen molar-refractivity contribution in [1.82, 2.24) is 0 Å². The summed E-state index contributed by atoms with van der Waals surface area (Å²) in [7, 11) is 0. The van der Waals surface area contributed by atoms with Crippen LogP contribution in [0.2, 0.25) is 0 Å². The summed E-state index contributed by atoms with van der Waals surface area (Å²) in [6.45, 7) is 4.84. The maximum absolute atomic E-state index is 5.26. The Hall–Kier alpha value is -0.0800. The molecule has 1 heterocycles. The van der Waals surface area contributed by atoms with Crippen molar-refractivity contribution in [3.63, 3.8) is 0 Å². The van der Waals surface area contributed by atoms with Crippen LogP contribution in [-0.4, -0.2) is 19.0 Å². The molecular weight excluding hydrogens is 104 g/mol. The summed E-state index contributed by atoms with van der Waals surface area (Å²) in [5.41, 5.74) is 0. The molecule has 0 aliphatic carbocycles. The van der Waals surface area contributed by atoms with Gasteiger partial charge in [0.2, 0.25) is 0 Å². The second kappa shape index (κ2) is 2.46. The van der Waals surface area contributed by atoms with Gasteiger partial charge in [-0.25, -0.2) is 0 Å². The molecule has 0 radical (unpaired) electrons. The minimum Gasteiger partial charge on any atom is -0.353 e. The summed E-state index contributed by atoms with van der Waals surface area (Å²) < 4.78 is 10.4. The fourth-order valence-corrected chi connectivity index (χ4v) is 0.834. The smallest absolute Gasteiger partial charge is 0.155 e. The van der Waals surface area contributed by atoms with Crippen molar-refractivity contribution in [2.24, 2.45) is 0 Å². The molecule has 0 bridgehead atoms. The second-order valence-corrected chi connectivity index (χ2v) is 2.17. The molecule has 0 aromatic carbocycles. The van der Waals surface area contributed by atoms with Crippen molar-refractivity contribution < 1.29 is 9.47 Å². The SMILES string of the molecule is C[C@H]1OCC[C@H](C)O1. The van der Waals surface area contributed by atoms with Crippen LogP contribution in [0, 0.1) is 0 Å². The largest absolute Gasteiger partial charge is 0.353 e. The Morgan fingerprint density at radius 3 is 2.50 bits per heavy atom. The Labute approximate surface area is 49.8 Å². The molecule has 2 heteroatoms. The number of hydrogen-bond donors (Lipinski definition) is 0. The van der Waals surface area contributed by atoms with E-state index >= 15 is 0 Å². The van der Waals surface area contributed by atoms with Crippen LogP contribution in [0.1, 0.15) is 20.3 Å². The van der Waals surface area contributed by atoms with Gasteiger partial charge in [-0.05, 0) is 20.3 Å². The van der Waals surface area contributed by atoms with Crippen LogP contribution in [0.15, 0.2) is 0 Å². The Morgan fingerprint density at radius 2 is 2.12 bits per heavy atom.